The molecule has 0 spiro atoms. The van der Waals surface area contributed by atoms with Crippen molar-refractivity contribution >= 4 is 11.1 Å². The Labute approximate surface area is 112 Å². The van der Waals surface area contributed by atoms with E-state index >= 15 is 0 Å². The second-order valence-corrected chi connectivity index (χ2v) is 4.82. The monoisotopic (exact) mass is 253 g/mol. The van der Waals surface area contributed by atoms with Gasteiger partial charge in [0.15, 0.2) is 18.0 Å². The fourth-order valence-corrected chi connectivity index (χ4v) is 2.21. The molecule has 3 nitrogen and oxygen atoms in total. The molecule has 0 N–H and O–H groups in total. The van der Waals surface area contributed by atoms with Crippen LogP contribution < -0.4 is 4.57 Å². The smallest absolute Gasteiger partial charge is 0.233 e. The fourth-order valence-electron chi connectivity index (χ4n) is 2.21. The van der Waals surface area contributed by atoms with Gasteiger partial charge in [0.05, 0.1) is 0 Å². The van der Waals surface area contributed by atoms with Crippen LogP contribution in [0.3, 0.4) is 0 Å². The van der Waals surface area contributed by atoms with E-state index in [0.717, 1.165) is 29.6 Å². The van der Waals surface area contributed by atoms with Gasteiger partial charge >= 0.3 is 0 Å². The molecule has 0 saturated carbocycles. The summed E-state index contributed by atoms with van der Waals surface area (Å²) in [5.74, 6) is 0.686. The topological polar surface area (TPSA) is 29.9 Å². The van der Waals surface area contributed by atoms with Crippen LogP contribution in [0.15, 0.2) is 47.1 Å². The Morgan fingerprint density at radius 3 is 3.00 bits per heavy atom. The summed E-state index contributed by atoms with van der Waals surface area (Å²) in [4.78, 5) is 4.57. The van der Waals surface area contributed by atoms with Crippen molar-refractivity contribution in [3.8, 4) is 11.5 Å². The largest absolute Gasteiger partial charge is 0.436 e. The lowest BCUT2D eigenvalue weighted by Gasteiger charge is -1.95. The summed E-state index contributed by atoms with van der Waals surface area (Å²) < 4.78 is 7.98. The minimum atomic E-state index is 0.686. The lowest BCUT2D eigenvalue weighted by atomic mass is 10.2. The first-order valence-corrected chi connectivity index (χ1v) is 6.63. The Balaban J connectivity index is 2.05. The van der Waals surface area contributed by atoms with Crippen molar-refractivity contribution in [1.82, 2.24) is 4.98 Å². The highest BCUT2D eigenvalue weighted by molar-refractivity contribution is 5.76. The molecule has 2 aromatic heterocycles. The number of nitrogens with zero attached hydrogens (tertiary/aromatic N) is 2. The molecule has 0 aliphatic heterocycles. The number of benzene rings is 1. The van der Waals surface area contributed by atoms with Gasteiger partial charge < -0.3 is 4.42 Å². The van der Waals surface area contributed by atoms with E-state index < -0.39 is 0 Å². The second-order valence-electron chi connectivity index (χ2n) is 4.82. The van der Waals surface area contributed by atoms with Crippen molar-refractivity contribution in [2.45, 2.75) is 26.8 Å². The van der Waals surface area contributed by atoms with E-state index in [4.69, 9.17) is 4.42 Å². The van der Waals surface area contributed by atoms with E-state index in [9.17, 15) is 0 Å². The summed E-state index contributed by atoms with van der Waals surface area (Å²) in [7, 11) is 0. The molecule has 3 rings (SSSR count). The standard InChI is InChI=1S/C16H17N2O/c1-3-8-18-9-4-5-13(11-18)16-17-14-10-12(2)6-7-15(14)19-16/h4-7,9-11H,3,8H2,1-2H3/q+1. The minimum absolute atomic E-state index is 0.686. The molecule has 0 bridgehead atoms. The van der Waals surface area contributed by atoms with Crippen LogP contribution in [0, 0.1) is 6.92 Å². The predicted molar refractivity (Wildman–Crippen MR) is 74.7 cm³/mol. The maximum atomic E-state index is 5.82. The van der Waals surface area contributed by atoms with Crippen LogP contribution in [0.1, 0.15) is 18.9 Å². The molecule has 0 atom stereocenters. The van der Waals surface area contributed by atoms with E-state index in [1.807, 2.05) is 30.3 Å². The average Bonchev–Trinajstić information content (AvgIpc) is 2.82. The van der Waals surface area contributed by atoms with Crippen LogP contribution in [0.25, 0.3) is 22.6 Å². The molecule has 3 aromatic rings. The zero-order chi connectivity index (χ0) is 13.2. The van der Waals surface area contributed by atoms with Gasteiger partial charge in [-0.25, -0.2) is 9.55 Å². The second kappa shape index (κ2) is 4.84. The molecular weight excluding hydrogens is 236 g/mol. The average molecular weight is 253 g/mol. The van der Waals surface area contributed by atoms with Crippen LogP contribution in [0.5, 0.6) is 0 Å². The van der Waals surface area contributed by atoms with Crippen LogP contribution in [-0.4, -0.2) is 4.98 Å². The zero-order valence-electron chi connectivity index (χ0n) is 11.3. The Morgan fingerprint density at radius 1 is 1.26 bits per heavy atom. The van der Waals surface area contributed by atoms with Crippen molar-refractivity contribution in [1.29, 1.82) is 0 Å². The first kappa shape index (κ1) is 11.9. The summed E-state index contributed by atoms with van der Waals surface area (Å²) >= 11 is 0. The molecule has 1 aromatic carbocycles. The van der Waals surface area contributed by atoms with Crippen molar-refractivity contribution in [3.05, 3.63) is 48.3 Å². The van der Waals surface area contributed by atoms with Crippen LogP contribution >= 0.6 is 0 Å². The minimum Gasteiger partial charge on any atom is -0.436 e. The van der Waals surface area contributed by atoms with Crippen LogP contribution in [-0.2, 0) is 6.54 Å². The van der Waals surface area contributed by atoms with Crippen LogP contribution in [0.2, 0.25) is 0 Å². The highest BCUT2D eigenvalue weighted by Crippen LogP contribution is 2.23. The molecular formula is C16H17N2O+. The zero-order valence-corrected chi connectivity index (χ0v) is 11.3. The number of aryl methyl sites for hydroxylation is 2. The maximum absolute atomic E-state index is 5.82. The molecule has 0 radical (unpaired) electrons. The number of fused-ring (bicyclic) bond motifs is 1. The predicted octanol–water partition coefficient (Wildman–Crippen LogP) is 3.50. The van der Waals surface area contributed by atoms with Crippen LogP contribution in [0.4, 0.5) is 0 Å². The summed E-state index contributed by atoms with van der Waals surface area (Å²) in [6, 6.07) is 10.1. The van der Waals surface area contributed by atoms with Gasteiger partial charge in [0.1, 0.15) is 17.6 Å². The van der Waals surface area contributed by atoms with E-state index in [0.29, 0.717) is 5.89 Å². The number of pyridine rings is 1. The quantitative estimate of drug-likeness (QED) is 0.669. The Kier molecular flexibility index (Phi) is 3.03. The lowest BCUT2D eigenvalue weighted by molar-refractivity contribution is -0.696. The van der Waals surface area contributed by atoms with Gasteiger partial charge in [0.25, 0.3) is 0 Å². The molecule has 0 aliphatic rings. The molecule has 0 amide bonds. The molecule has 19 heavy (non-hydrogen) atoms. The third-order valence-electron chi connectivity index (χ3n) is 3.13. The van der Waals surface area contributed by atoms with Gasteiger partial charge in [-0.05, 0) is 30.7 Å². The fraction of sp³-hybridized carbons (Fsp3) is 0.250. The molecule has 0 unspecified atom stereocenters. The molecule has 0 aliphatic carbocycles. The van der Waals surface area contributed by atoms with Gasteiger partial charge in [0, 0.05) is 12.5 Å². The molecule has 96 valence electrons. The Morgan fingerprint density at radius 2 is 2.16 bits per heavy atom. The summed E-state index contributed by atoms with van der Waals surface area (Å²) in [6.07, 6.45) is 5.27. The SMILES string of the molecule is CCC[n+]1cccc(-c2nc3cc(C)ccc3o2)c1. The first-order chi connectivity index (χ1) is 9.26. The third kappa shape index (κ3) is 2.36. The number of oxazole rings is 1. The summed E-state index contributed by atoms with van der Waals surface area (Å²) in [6.45, 7) is 5.24. The molecule has 3 heteroatoms. The van der Waals surface area contributed by atoms with Gasteiger partial charge in [0.2, 0.25) is 5.89 Å². The first-order valence-electron chi connectivity index (χ1n) is 6.63. The molecule has 0 saturated heterocycles. The number of aromatic nitrogens is 2. The molecule has 0 fully saturated rings. The van der Waals surface area contributed by atoms with Gasteiger partial charge in [-0.1, -0.05) is 13.0 Å². The Bertz CT molecular complexity index is 716. The number of rotatable bonds is 3. The Hall–Kier alpha value is -2.16. The van der Waals surface area contributed by atoms with E-state index in [2.05, 4.69) is 35.8 Å². The number of hydrogen-bond donors (Lipinski definition) is 0. The highest BCUT2D eigenvalue weighted by Gasteiger charge is 2.11. The van der Waals surface area contributed by atoms with E-state index in [1.165, 1.54) is 5.56 Å². The summed E-state index contributed by atoms with van der Waals surface area (Å²) in [5, 5.41) is 0. The van der Waals surface area contributed by atoms with E-state index in [1.54, 1.807) is 0 Å². The number of hydrogen-bond acceptors (Lipinski definition) is 2. The molecule has 2 heterocycles. The van der Waals surface area contributed by atoms with Gasteiger partial charge in [-0.3, -0.25) is 0 Å². The normalized spacial score (nSPS) is 11.1. The van der Waals surface area contributed by atoms with Crippen molar-refractivity contribution in [3.63, 3.8) is 0 Å². The summed E-state index contributed by atoms with van der Waals surface area (Å²) in [5.41, 5.74) is 3.97. The van der Waals surface area contributed by atoms with Crippen molar-refractivity contribution in [2.75, 3.05) is 0 Å². The van der Waals surface area contributed by atoms with Gasteiger partial charge in [-0.15, -0.1) is 0 Å². The van der Waals surface area contributed by atoms with Crippen molar-refractivity contribution < 1.29 is 8.98 Å². The lowest BCUT2D eigenvalue weighted by Crippen LogP contribution is -2.32. The van der Waals surface area contributed by atoms with E-state index in [-0.39, 0.29) is 0 Å². The highest BCUT2D eigenvalue weighted by atomic mass is 16.3. The van der Waals surface area contributed by atoms with Gasteiger partial charge in [-0.2, -0.15) is 0 Å². The van der Waals surface area contributed by atoms with Crippen molar-refractivity contribution in [2.24, 2.45) is 0 Å². The third-order valence-corrected chi connectivity index (χ3v) is 3.13. The maximum Gasteiger partial charge on any atom is 0.233 e.